The molecular weight excluding hydrogens is 680 g/mol. The topological polar surface area (TPSA) is 67.9 Å². The number of benzene rings is 2. The lowest BCUT2D eigenvalue weighted by molar-refractivity contribution is -0.0637. The van der Waals surface area contributed by atoms with Crippen LogP contribution in [-0.2, 0) is 22.1 Å². The molecule has 2 aromatic carbocycles. The van der Waals surface area contributed by atoms with Gasteiger partial charge in [0, 0.05) is 36.7 Å². The third-order valence-electron chi connectivity index (χ3n) is 11.0. The first-order chi connectivity index (χ1) is 23.2. The monoisotopic (exact) mass is 730 g/mol. The van der Waals surface area contributed by atoms with Crippen molar-refractivity contribution in [3.8, 4) is 5.75 Å². The standard InChI is InChI=1S/C38H51ClN2O4S3/c1-5-6-10-27-20-31(39)13-14-32(27)30-23-41-22-29-11-15-33(29)38(44-4,37-46-18-8-19-47-37)17-7-9-25(2)26(3)48(43)40-36(42)28-12-16-35(45-24-30)34(41)21-28/h7,12-14,16-17,20-21,25-26,29-30,33,37H,5-6,8-11,15,18-19,22-24H2,1-4H3,(H,40,42)/b17-7+. The van der Waals surface area contributed by atoms with Gasteiger partial charge >= 0.3 is 0 Å². The Labute approximate surface area is 303 Å². The summed E-state index contributed by atoms with van der Waals surface area (Å²) in [5.41, 5.74) is 3.63. The first kappa shape index (κ1) is 36.2. The Morgan fingerprint density at radius 1 is 1.12 bits per heavy atom. The molecule has 0 spiro atoms. The van der Waals surface area contributed by atoms with Crippen LogP contribution in [0.15, 0.2) is 48.6 Å². The molecule has 0 radical (unpaired) electrons. The molecule has 48 heavy (non-hydrogen) atoms. The van der Waals surface area contributed by atoms with Crippen LogP contribution in [0.25, 0.3) is 0 Å². The van der Waals surface area contributed by atoms with Gasteiger partial charge in [0.15, 0.2) is 0 Å². The van der Waals surface area contributed by atoms with E-state index in [0.29, 0.717) is 28.6 Å². The molecule has 262 valence electrons. The molecule has 1 N–H and O–H groups in total. The van der Waals surface area contributed by atoms with Crippen LogP contribution in [0, 0.1) is 17.8 Å². The van der Waals surface area contributed by atoms with Crippen molar-refractivity contribution in [1.82, 2.24) is 4.72 Å². The molecule has 2 bridgehead atoms. The maximum absolute atomic E-state index is 13.5. The molecular formula is C38H51ClN2O4S3. The van der Waals surface area contributed by atoms with E-state index in [2.05, 4.69) is 47.8 Å². The van der Waals surface area contributed by atoms with E-state index in [-0.39, 0.29) is 28.6 Å². The highest BCUT2D eigenvalue weighted by atomic mass is 35.5. The minimum Gasteiger partial charge on any atom is -0.491 e. The van der Waals surface area contributed by atoms with Gasteiger partial charge in [-0.2, -0.15) is 0 Å². The molecule has 2 fully saturated rings. The van der Waals surface area contributed by atoms with Gasteiger partial charge in [-0.3, -0.25) is 9.52 Å². The van der Waals surface area contributed by atoms with Crippen molar-refractivity contribution in [1.29, 1.82) is 0 Å². The molecule has 6 rings (SSSR count). The Bertz CT molecular complexity index is 1500. The lowest BCUT2D eigenvalue weighted by atomic mass is 9.64. The third-order valence-corrected chi connectivity index (χ3v) is 16.0. The quantitative estimate of drug-likeness (QED) is 0.299. The fraction of sp³-hybridized carbons (Fsp3) is 0.605. The summed E-state index contributed by atoms with van der Waals surface area (Å²) in [4.78, 5) is 16.0. The van der Waals surface area contributed by atoms with Gasteiger partial charge in [-0.15, -0.1) is 23.5 Å². The molecule has 6 nitrogen and oxygen atoms in total. The zero-order valence-electron chi connectivity index (χ0n) is 28.8. The number of nitrogens with zero attached hydrogens (tertiary/aromatic N) is 1. The first-order valence-electron chi connectivity index (χ1n) is 17.7. The van der Waals surface area contributed by atoms with Crippen LogP contribution in [0.1, 0.15) is 86.7 Å². The summed E-state index contributed by atoms with van der Waals surface area (Å²) in [6.45, 7) is 8.47. The van der Waals surface area contributed by atoms with Gasteiger partial charge in [-0.25, -0.2) is 4.21 Å². The lowest BCUT2D eigenvalue weighted by Crippen LogP contribution is -2.56. The Kier molecular flexibility index (Phi) is 12.2. The molecule has 1 saturated carbocycles. The second-order valence-electron chi connectivity index (χ2n) is 14.0. The number of nitrogens with one attached hydrogen (secondary N) is 1. The van der Waals surface area contributed by atoms with Gasteiger partial charge < -0.3 is 14.4 Å². The van der Waals surface area contributed by atoms with Gasteiger partial charge in [-0.1, -0.05) is 50.1 Å². The molecule has 7 unspecified atom stereocenters. The normalized spacial score (nSPS) is 32.3. The maximum atomic E-state index is 13.5. The van der Waals surface area contributed by atoms with E-state index in [0.717, 1.165) is 79.6 Å². The Hall–Kier alpha value is -1.65. The maximum Gasteiger partial charge on any atom is 0.263 e. The number of amides is 1. The van der Waals surface area contributed by atoms with E-state index in [1.165, 1.54) is 17.5 Å². The minimum absolute atomic E-state index is 0.122. The average molecular weight is 731 g/mol. The van der Waals surface area contributed by atoms with Crippen LogP contribution >= 0.6 is 35.1 Å². The molecule has 7 atom stereocenters. The van der Waals surface area contributed by atoms with Crippen LogP contribution in [0.4, 0.5) is 5.69 Å². The summed E-state index contributed by atoms with van der Waals surface area (Å²) < 4.78 is 29.8. The van der Waals surface area contributed by atoms with Gasteiger partial charge in [0.2, 0.25) is 0 Å². The van der Waals surface area contributed by atoms with Crippen LogP contribution in [-0.4, -0.2) is 63.9 Å². The van der Waals surface area contributed by atoms with Crippen molar-refractivity contribution >= 4 is 57.7 Å². The summed E-state index contributed by atoms with van der Waals surface area (Å²) in [5.74, 6) is 3.82. The van der Waals surface area contributed by atoms with Gasteiger partial charge in [0.1, 0.15) is 22.3 Å². The number of hydrogen-bond acceptors (Lipinski definition) is 7. The van der Waals surface area contributed by atoms with Crippen molar-refractivity contribution in [2.75, 3.05) is 43.2 Å². The summed E-state index contributed by atoms with van der Waals surface area (Å²) >= 11 is 10.6. The number of carbonyl (C=O) groups is 1. The van der Waals surface area contributed by atoms with E-state index in [9.17, 15) is 9.00 Å². The number of anilines is 1. The van der Waals surface area contributed by atoms with Gasteiger partial charge in [-0.05, 0) is 116 Å². The zero-order valence-corrected chi connectivity index (χ0v) is 32.0. The molecule has 1 amide bonds. The predicted molar refractivity (Wildman–Crippen MR) is 204 cm³/mol. The third kappa shape index (κ3) is 7.65. The number of ether oxygens (including phenoxy) is 2. The van der Waals surface area contributed by atoms with E-state index in [1.54, 1.807) is 6.07 Å². The molecule has 3 heterocycles. The number of aryl methyl sites for hydroxylation is 1. The molecule has 1 aliphatic carbocycles. The fourth-order valence-corrected chi connectivity index (χ4v) is 12.4. The fourth-order valence-electron chi connectivity index (χ4n) is 7.77. The predicted octanol–water partition coefficient (Wildman–Crippen LogP) is 8.65. The number of fused-ring (bicyclic) bond motifs is 2. The number of allylic oxidation sites excluding steroid dienone is 1. The number of rotatable bonds is 6. The number of carbonyl (C=O) groups excluding carboxylic acids is 1. The van der Waals surface area contributed by atoms with E-state index >= 15 is 0 Å². The summed E-state index contributed by atoms with van der Waals surface area (Å²) in [6.07, 6.45) is 12.1. The highest BCUT2D eigenvalue weighted by molar-refractivity contribution is 8.17. The van der Waals surface area contributed by atoms with Crippen molar-refractivity contribution in [3.05, 3.63) is 70.3 Å². The summed E-state index contributed by atoms with van der Waals surface area (Å²) in [7, 11) is 0.377. The van der Waals surface area contributed by atoms with Crippen molar-refractivity contribution in [2.24, 2.45) is 17.8 Å². The largest absolute Gasteiger partial charge is 0.491 e. The summed E-state index contributed by atoms with van der Waals surface area (Å²) in [6, 6.07) is 12.0. The average Bonchev–Trinajstić information content (AvgIpc) is 3.27. The second kappa shape index (κ2) is 16.1. The van der Waals surface area contributed by atoms with Crippen molar-refractivity contribution in [2.45, 2.75) is 87.1 Å². The Morgan fingerprint density at radius 2 is 1.94 bits per heavy atom. The van der Waals surface area contributed by atoms with Crippen LogP contribution < -0.4 is 14.4 Å². The van der Waals surface area contributed by atoms with E-state index in [4.69, 9.17) is 21.1 Å². The first-order valence-corrected chi connectivity index (χ1v) is 21.4. The Morgan fingerprint density at radius 3 is 2.67 bits per heavy atom. The zero-order chi connectivity index (χ0) is 33.8. The van der Waals surface area contributed by atoms with Gasteiger partial charge in [0.05, 0.1) is 22.1 Å². The van der Waals surface area contributed by atoms with Gasteiger partial charge in [0.25, 0.3) is 5.91 Å². The number of halogens is 1. The van der Waals surface area contributed by atoms with E-state index in [1.807, 2.05) is 55.8 Å². The molecule has 3 aliphatic heterocycles. The SMILES string of the molecule is CCCCc1cc(Cl)ccc1C1COc2ccc3cc2N(C1)CC1CCC1C(OC)(C1SCCCS1)/C=C/CC(C)C(C)S(=O)NC3=O. The molecule has 1 saturated heterocycles. The molecule has 10 heteroatoms. The Balaban J connectivity index is 1.41. The van der Waals surface area contributed by atoms with Crippen LogP contribution in [0.2, 0.25) is 5.02 Å². The molecule has 0 aromatic heterocycles. The van der Waals surface area contributed by atoms with Crippen LogP contribution in [0.5, 0.6) is 5.75 Å². The van der Waals surface area contributed by atoms with Crippen molar-refractivity contribution < 1.29 is 18.5 Å². The van der Waals surface area contributed by atoms with Crippen LogP contribution in [0.3, 0.4) is 0 Å². The minimum atomic E-state index is -1.53. The molecule has 4 aliphatic rings. The number of unbranched alkanes of at least 4 members (excludes halogenated alkanes) is 1. The highest BCUT2D eigenvalue weighted by Gasteiger charge is 2.52. The van der Waals surface area contributed by atoms with Crippen molar-refractivity contribution in [3.63, 3.8) is 0 Å². The molecule has 2 aromatic rings. The number of thioether (sulfide) groups is 2. The highest BCUT2D eigenvalue weighted by Crippen LogP contribution is 2.53. The summed E-state index contributed by atoms with van der Waals surface area (Å²) in [5, 5.41) is 0.560. The smallest absolute Gasteiger partial charge is 0.263 e. The number of methoxy groups -OCH3 is 1. The van der Waals surface area contributed by atoms with E-state index < -0.39 is 11.0 Å². The number of hydrogen-bond donors (Lipinski definition) is 1. The lowest BCUT2D eigenvalue weighted by Gasteiger charge is -2.53. The second-order valence-corrected chi connectivity index (χ2v) is 18.7.